The molecule has 0 spiro atoms. The van der Waals surface area contributed by atoms with Gasteiger partial charge in [0.1, 0.15) is 0 Å². The standard InChI is InChI=1S/C20H24N4O2.ClH/c1-14(2)19(25)23-17-7-5-15(6-8-17)20(26)24-11-10-22-13-18(24)16-4-3-9-21-12-16;/h3-9,12,14,18,22H,10-11,13H2,1-2H3,(H,23,25);1H. The number of nitrogens with zero attached hydrogens (tertiary/aromatic N) is 2. The van der Waals surface area contributed by atoms with Crippen LogP contribution in [0.5, 0.6) is 0 Å². The van der Waals surface area contributed by atoms with Crippen LogP contribution in [0.15, 0.2) is 48.8 Å². The number of carbonyl (C=O) groups is 2. The maximum absolute atomic E-state index is 13.0. The highest BCUT2D eigenvalue weighted by Crippen LogP contribution is 2.24. The van der Waals surface area contributed by atoms with E-state index in [-0.39, 0.29) is 36.2 Å². The van der Waals surface area contributed by atoms with Crippen LogP contribution in [0.4, 0.5) is 5.69 Å². The van der Waals surface area contributed by atoms with Crippen LogP contribution in [0.1, 0.15) is 35.8 Å². The number of hydrogen-bond donors (Lipinski definition) is 2. The van der Waals surface area contributed by atoms with E-state index < -0.39 is 0 Å². The van der Waals surface area contributed by atoms with Gasteiger partial charge in [-0.2, -0.15) is 0 Å². The predicted octanol–water partition coefficient (Wildman–Crippen LogP) is 2.88. The fourth-order valence-corrected chi connectivity index (χ4v) is 2.97. The quantitative estimate of drug-likeness (QED) is 0.844. The van der Waals surface area contributed by atoms with E-state index in [0.717, 1.165) is 12.1 Å². The maximum atomic E-state index is 13.0. The lowest BCUT2D eigenvalue weighted by Crippen LogP contribution is -2.48. The Bertz CT molecular complexity index is 765. The number of amides is 2. The molecule has 1 aliphatic heterocycles. The summed E-state index contributed by atoms with van der Waals surface area (Å²) in [5.41, 5.74) is 2.33. The molecule has 1 aromatic heterocycles. The zero-order valence-corrected chi connectivity index (χ0v) is 16.3. The Labute approximate surface area is 165 Å². The van der Waals surface area contributed by atoms with E-state index in [1.165, 1.54) is 0 Å². The molecule has 0 radical (unpaired) electrons. The SMILES string of the molecule is CC(C)C(=O)Nc1ccc(C(=O)N2CCNCC2c2cccnc2)cc1.Cl. The number of hydrogen-bond acceptors (Lipinski definition) is 4. The molecule has 1 atom stereocenters. The van der Waals surface area contributed by atoms with Crippen molar-refractivity contribution < 1.29 is 9.59 Å². The topological polar surface area (TPSA) is 74.3 Å². The van der Waals surface area contributed by atoms with E-state index in [0.29, 0.717) is 24.3 Å². The number of pyridine rings is 1. The van der Waals surface area contributed by atoms with Gasteiger partial charge in [-0.05, 0) is 35.9 Å². The van der Waals surface area contributed by atoms with Crippen molar-refractivity contribution in [2.24, 2.45) is 5.92 Å². The van der Waals surface area contributed by atoms with Gasteiger partial charge in [0, 0.05) is 49.2 Å². The zero-order chi connectivity index (χ0) is 18.5. The second-order valence-corrected chi connectivity index (χ2v) is 6.73. The largest absolute Gasteiger partial charge is 0.329 e. The summed E-state index contributed by atoms with van der Waals surface area (Å²) in [6.45, 7) is 5.81. The molecule has 1 saturated heterocycles. The van der Waals surface area contributed by atoms with Crippen molar-refractivity contribution in [1.82, 2.24) is 15.2 Å². The smallest absolute Gasteiger partial charge is 0.254 e. The molecule has 2 amide bonds. The molecule has 0 bridgehead atoms. The first-order valence-corrected chi connectivity index (χ1v) is 8.89. The Morgan fingerprint density at radius 2 is 1.96 bits per heavy atom. The Morgan fingerprint density at radius 3 is 2.59 bits per heavy atom. The van der Waals surface area contributed by atoms with Crippen LogP contribution in [0, 0.1) is 5.92 Å². The molecule has 1 aliphatic rings. The first-order chi connectivity index (χ1) is 12.6. The van der Waals surface area contributed by atoms with Crippen LogP contribution in [-0.4, -0.2) is 41.3 Å². The molecule has 6 nitrogen and oxygen atoms in total. The number of anilines is 1. The monoisotopic (exact) mass is 388 g/mol. The predicted molar refractivity (Wildman–Crippen MR) is 108 cm³/mol. The lowest BCUT2D eigenvalue weighted by atomic mass is 10.0. The summed E-state index contributed by atoms with van der Waals surface area (Å²) in [6.07, 6.45) is 3.54. The molecule has 0 saturated carbocycles. The zero-order valence-electron chi connectivity index (χ0n) is 15.5. The maximum Gasteiger partial charge on any atom is 0.254 e. The Balaban J connectivity index is 0.00000261. The van der Waals surface area contributed by atoms with Crippen molar-refractivity contribution in [1.29, 1.82) is 0 Å². The van der Waals surface area contributed by atoms with Crippen LogP contribution < -0.4 is 10.6 Å². The summed E-state index contributed by atoms with van der Waals surface area (Å²) in [5, 5.41) is 6.18. The van der Waals surface area contributed by atoms with Gasteiger partial charge in [0.15, 0.2) is 0 Å². The molecular weight excluding hydrogens is 364 g/mol. The van der Waals surface area contributed by atoms with E-state index in [9.17, 15) is 9.59 Å². The van der Waals surface area contributed by atoms with Gasteiger partial charge in [-0.25, -0.2) is 0 Å². The summed E-state index contributed by atoms with van der Waals surface area (Å²) in [7, 11) is 0. The number of piperazine rings is 1. The molecule has 1 fully saturated rings. The molecule has 2 heterocycles. The fraction of sp³-hybridized carbons (Fsp3) is 0.350. The number of benzene rings is 1. The minimum absolute atomic E-state index is 0. The molecule has 2 aromatic rings. The van der Waals surface area contributed by atoms with E-state index in [1.807, 2.05) is 37.1 Å². The molecule has 2 N–H and O–H groups in total. The fourth-order valence-electron chi connectivity index (χ4n) is 2.97. The van der Waals surface area contributed by atoms with Crippen molar-refractivity contribution in [3.05, 3.63) is 59.9 Å². The molecular formula is C20H25ClN4O2. The van der Waals surface area contributed by atoms with Crippen molar-refractivity contribution in [2.45, 2.75) is 19.9 Å². The molecule has 144 valence electrons. The van der Waals surface area contributed by atoms with Crippen LogP contribution in [0.3, 0.4) is 0 Å². The summed E-state index contributed by atoms with van der Waals surface area (Å²) in [4.78, 5) is 30.9. The third-order valence-electron chi connectivity index (χ3n) is 4.50. The van der Waals surface area contributed by atoms with Gasteiger partial charge < -0.3 is 15.5 Å². The van der Waals surface area contributed by atoms with Gasteiger partial charge >= 0.3 is 0 Å². The summed E-state index contributed by atoms with van der Waals surface area (Å²) >= 11 is 0. The number of rotatable bonds is 4. The third kappa shape index (κ3) is 5.05. The Hall–Kier alpha value is -2.44. The average molecular weight is 389 g/mol. The second-order valence-electron chi connectivity index (χ2n) is 6.73. The number of carbonyl (C=O) groups excluding carboxylic acids is 2. The van der Waals surface area contributed by atoms with Gasteiger partial charge in [-0.1, -0.05) is 19.9 Å². The summed E-state index contributed by atoms with van der Waals surface area (Å²) in [5.74, 6) is -0.137. The van der Waals surface area contributed by atoms with Crippen molar-refractivity contribution in [3.63, 3.8) is 0 Å². The normalized spacial score (nSPS) is 16.6. The second kappa shape index (κ2) is 9.48. The van der Waals surface area contributed by atoms with Crippen molar-refractivity contribution in [3.8, 4) is 0 Å². The minimum atomic E-state index is -0.0857. The molecule has 7 heteroatoms. The molecule has 1 aromatic carbocycles. The first-order valence-electron chi connectivity index (χ1n) is 8.89. The molecule has 0 aliphatic carbocycles. The Kier molecular flexibility index (Phi) is 7.33. The molecule has 27 heavy (non-hydrogen) atoms. The van der Waals surface area contributed by atoms with E-state index in [4.69, 9.17) is 0 Å². The van der Waals surface area contributed by atoms with E-state index in [1.54, 1.807) is 30.5 Å². The van der Waals surface area contributed by atoms with Gasteiger partial charge in [-0.3, -0.25) is 14.6 Å². The third-order valence-corrected chi connectivity index (χ3v) is 4.50. The highest BCUT2D eigenvalue weighted by atomic mass is 35.5. The van der Waals surface area contributed by atoms with Gasteiger partial charge in [0.2, 0.25) is 5.91 Å². The van der Waals surface area contributed by atoms with Crippen molar-refractivity contribution in [2.75, 3.05) is 25.0 Å². The highest BCUT2D eigenvalue weighted by molar-refractivity contribution is 5.96. The van der Waals surface area contributed by atoms with Gasteiger partial charge in [-0.15, -0.1) is 12.4 Å². The first kappa shape index (κ1) is 20.9. The van der Waals surface area contributed by atoms with Crippen LogP contribution in [0.25, 0.3) is 0 Å². The molecule has 1 unspecified atom stereocenters. The summed E-state index contributed by atoms with van der Waals surface area (Å²) < 4.78 is 0. The number of aromatic nitrogens is 1. The van der Waals surface area contributed by atoms with Gasteiger partial charge in [0.05, 0.1) is 6.04 Å². The van der Waals surface area contributed by atoms with Crippen LogP contribution >= 0.6 is 12.4 Å². The van der Waals surface area contributed by atoms with Gasteiger partial charge in [0.25, 0.3) is 5.91 Å². The van der Waals surface area contributed by atoms with E-state index >= 15 is 0 Å². The number of halogens is 1. The van der Waals surface area contributed by atoms with Crippen LogP contribution in [-0.2, 0) is 4.79 Å². The minimum Gasteiger partial charge on any atom is -0.329 e. The van der Waals surface area contributed by atoms with Crippen molar-refractivity contribution >= 4 is 29.9 Å². The highest BCUT2D eigenvalue weighted by Gasteiger charge is 2.28. The molecule has 3 rings (SSSR count). The lowest BCUT2D eigenvalue weighted by molar-refractivity contribution is -0.118. The number of nitrogens with one attached hydrogen (secondary N) is 2. The summed E-state index contributed by atoms with van der Waals surface area (Å²) in [6, 6.07) is 10.9. The van der Waals surface area contributed by atoms with Crippen LogP contribution in [0.2, 0.25) is 0 Å². The average Bonchev–Trinajstić information content (AvgIpc) is 2.68. The van der Waals surface area contributed by atoms with E-state index in [2.05, 4.69) is 15.6 Å². The Morgan fingerprint density at radius 1 is 1.22 bits per heavy atom. The lowest BCUT2D eigenvalue weighted by Gasteiger charge is -2.36.